The van der Waals surface area contributed by atoms with Gasteiger partial charge in [0.05, 0.1) is 0 Å². The Hall–Kier alpha value is -1.58. The van der Waals surface area contributed by atoms with E-state index in [0.29, 0.717) is 12.8 Å². The number of rotatable bonds is 34. The van der Waals surface area contributed by atoms with Crippen LogP contribution in [0, 0.1) is 0 Å². The maximum absolute atomic E-state index is 10.7. The highest BCUT2D eigenvalue weighted by atomic mass is 16.1. The smallest absolute Gasteiger partial charge is 0.217 e. The first-order valence-corrected chi connectivity index (χ1v) is 18.0. The van der Waals surface area contributed by atoms with Crippen LogP contribution in [-0.4, -0.2) is 11.8 Å². The first-order chi connectivity index (χ1) is 20.1. The average Bonchev–Trinajstić information content (AvgIpc) is 2.94. The molecule has 0 aromatic rings. The van der Waals surface area contributed by atoms with E-state index in [1.165, 1.54) is 161 Å². The highest BCUT2D eigenvalue weighted by Crippen LogP contribution is 2.14. The molecular formula is C37H70N2O2. The van der Waals surface area contributed by atoms with E-state index in [1.54, 1.807) is 0 Å². The van der Waals surface area contributed by atoms with Crippen molar-refractivity contribution in [1.82, 2.24) is 0 Å². The molecule has 4 heteroatoms. The highest BCUT2D eigenvalue weighted by Gasteiger charge is 1.97. The Morgan fingerprint density at radius 3 is 0.659 bits per heavy atom. The summed E-state index contributed by atoms with van der Waals surface area (Å²) in [4.78, 5) is 21.4. The molecule has 0 aliphatic rings. The topological polar surface area (TPSA) is 86.2 Å². The van der Waals surface area contributed by atoms with Crippen LogP contribution >= 0.6 is 0 Å². The third-order valence-corrected chi connectivity index (χ3v) is 8.16. The predicted octanol–water partition coefficient (Wildman–Crippen LogP) is 11.2. The van der Waals surface area contributed by atoms with Crippen LogP contribution in [-0.2, 0) is 9.59 Å². The number of unbranched alkanes of at least 4 members (excludes halogenated alkanes) is 26. The number of hydrogen-bond acceptors (Lipinski definition) is 2. The summed E-state index contributed by atoms with van der Waals surface area (Å²) in [5.41, 5.74) is 10.3. The lowest BCUT2D eigenvalue weighted by Gasteiger charge is -2.02. The van der Waals surface area contributed by atoms with Gasteiger partial charge in [-0.3, -0.25) is 9.59 Å². The zero-order chi connectivity index (χ0) is 29.9. The standard InChI is InChI=1S/C37H70N2O2/c38-36(40)34-32-30-28-26-24-22-20-18-16-14-12-10-8-6-4-2-1-3-5-7-9-11-13-15-17-19-21-23-25-27-29-31-33-35-37(39)41/h14-17H,1-13,18-35H2,(H2,38,40)(H2,39,41)/b16-14+,17-15+. The Kier molecular flexibility index (Phi) is 33.3. The lowest BCUT2D eigenvalue weighted by atomic mass is 10.0. The van der Waals surface area contributed by atoms with Gasteiger partial charge in [-0.1, -0.05) is 146 Å². The highest BCUT2D eigenvalue weighted by molar-refractivity contribution is 5.73. The van der Waals surface area contributed by atoms with Crippen molar-refractivity contribution in [3.05, 3.63) is 24.3 Å². The van der Waals surface area contributed by atoms with Gasteiger partial charge in [-0.2, -0.15) is 0 Å². The van der Waals surface area contributed by atoms with Crippen LogP contribution in [0.4, 0.5) is 0 Å². The lowest BCUT2D eigenvalue weighted by molar-refractivity contribution is -0.119. The van der Waals surface area contributed by atoms with Gasteiger partial charge in [-0.05, 0) is 64.2 Å². The molecule has 0 aromatic carbocycles. The van der Waals surface area contributed by atoms with Gasteiger partial charge in [0.25, 0.3) is 0 Å². The van der Waals surface area contributed by atoms with Gasteiger partial charge in [0, 0.05) is 12.8 Å². The van der Waals surface area contributed by atoms with Crippen LogP contribution in [0.5, 0.6) is 0 Å². The minimum atomic E-state index is -0.161. The van der Waals surface area contributed by atoms with Crippen LogP contribution in [0.3, 0.4) is 0 Å². The molecule has 0 heterocycles. The van der Waals surface area contributed by atoms with Crippen molar-refractivity contribution in [2.75, 3.05) is 0 Å². The third kappa shape index (κ3) is 38.4. The molecule has 240 valence electrons. The molecule has 0 aliphatic carbocycles. The van der Waals surface area contributed by atoms with E-state index in [0.717, 1.165) is 25.7 Å². The number of primary amides is 2. The Labute approximate surface area is 256 Å². The summed E-state index contributed by atoms with van der Waals surface area (Å²) in [6, 6.07) is 0. The van der Waals surface area contributed by atoms with E-state index in [1.807, 2.05) is 0 Å². The summed E-state index contributed by atoms with van der Waals surface area (Å²) in [7, 11) is 0. The first kappa shape index (κ1) is 39.4. The quantitative estimate of drug-likeness (QED) is 0.0591. The number of carbonyl (C=O) groups excluding carboxylic acids is 2. The molecule has 0 bridgehead atoms. The molecule has 0 radical (unpaired) electrons. The maximum atomic E-state index is 10.7. The number of hydrogen-bond donors (Lipinski definition) is 2. The van der Waals surface area contributed by atoms with E-state index in [9.17, 15) is 9.59 Å². The molecule has 0 fully saturated rings. The average molecular weight is 575 g/mol. The fourth-order valence-corrected chi connectivity index (χ4v) is 5.48. The molecule has 0 saturated carbocycles. The fourth-order valence-electron chi connectivity index (χ4n) is 5.48. The molecular weight excluding hydrogens is 504 g/mol. The Bertz CT molecular complexity index is 562. The lowest BCUT2D eigenvalue weighted by Crippen LogP contribution is -2.09. The van der Waals surface area contributed by atoms with Gasteiger partial charge in [-0.25, -0.2) is 0 Å². The molecule has 0 unspecified atom stereocenters. The summed E-state index contributed by atoms with van der Waals surface area (Å²) in [6.45, 7) is 0. The van der Waals surface area contributed by atoms with Crippen molar-refractivity contribution >= 4 is 11.8 Å². The Morgan fingerprint density at radius 1 is 0.293 bits per heavy atom. The molecule has 4 nitrogen and oxygen atoms in total. The van der Waals surface area contributed by atoms with Crippen molar-refractivity contribution in [1.29, 1.82) is 0 Å². The van der Waals surface area contributed by atoms with Gasteiger partial charge >= 0.3 is 0 Å². The van der Waals surface area contributed by atoms with E-state index >= 15 is 0 Å². The van der Waals surface area contributed by atoms with Crippen molar-refractivity contribution in [2.45, 2.75) is 199 Å². The largest absolute Gasteiger partial charge is 0.370 e. The van der Waals surface area contributed by atoms with Gasteiger partial charge in [0.2, 0.25) is 11.8 Å². The van der Waals surface area contributed by atoms with Crippen LogP contribution in [0.2, 0.25) is 0 Å². The number of nitrogens with two attached hydrogens (primary N) is 2. The zero-order valence-electron chi connectivity index (χ0n) is 27.2. The summed E-state index contributed by atoms with van der Waals surface area (Å²) >= 11 is 0. The SMILES string of the molecule is NC(=O)CCCCCCCCC/C=C/CCCCCCCCCCCCC/C=C/CCCCCCCCCC(N)=O. The molecule has 0 aliphatic heterocycles. The molecule has 0 atom stereocenters. The molecule has 4 N–H and O–H groups in total. The zero-order valence-corrected chi connectivity index (χ0v) is 27.2. The number of carbonyl (C=O) groups is 2. The van der Waals surface area contributed by atoms with Gasteiger partial charge in [-0.15, -0.1) is 0 Å². The van der Waals surface area contributed by atoms with E-state index in [2.05, 4.69) is 24.3 Å². The summed E-state index contributed by atoms with van der Waals surface area (Å²) in [5.74, 6) is -0.323. The van der Waals surface area contributed by atoms with Crippen LogP contribution in [0.1, 0.15) is 199 Å². The number of amides is 2. The van der Waals surface area contributed by atoms with Crippen molar-refractivity contribution in [2.24, 2.45) is 11.5 Å². The van der Waals surface area contributed by atoms with Crippen molar-refractivity contribution in [3.63, 3.8) is 0 Å². The normalized spacial score (nSPS) is 11.7. The molecule has 0 spiro atoms. The second kappa shape index (κ2) is 34.6. The Balaban J connectivity index is 3.14. The van der Waals surface area contributed by atoms with Crippen molar-refractivity contribution < 1.29 is 9.59 Å². The van der Waals surface area contributed by atoms with Gasteiger partial charge in [0.1, 0.15) is 0 Å². The van der Waals surface area contributed by atoms with Crippen molar-refractivity contribution in [3.8, 4) is 0 Å². The van der Waals surface area contributed by atoms with Gasteiger partial charge in [0.15, 0.2) is 0 Å². The first-order valence-electron chi connectivity index (χ1n) is 18.0. The van der Waals surface area contributed by atoms with Crippen LogP contribution in [0.25, 0.3) is 0 Å². The molecule has 2 amide bonds. The second-order valence-electron chi connectivity index (χ2n) is 12.4. The summed E-state index contributed by atoms with van der Waals surface area (Å²) < 4.78 is 0. The summed E-state index contributed by atoms with van der Waals surface area (Å²) in [6.07, 6.45) is 48.5. The number of allylic oxidation sites excluding steroid dienone is 4. The summed E-state index contributed by atoms with van der Waals surface area (Å²) in [5, 5.41) is 0. The third-order valence-electron chi connectivity index (χ3n) is 8.16. The minimum absolute atomic E-state index is 0.161. The van der Waals surface area contributed by atoms with E-state index in [4.69, 9.17) is 11.5 Å². The molecule has 0 saturated heterocycles. The van der Waals surface area contributed by atoms with E-state index < -0.39 is 0 Å². The molecule has 41 heavy (non-hydrogen) atoms. The van der Waals surface area contributed by atoms with Crippen LogP contribution < -0.4 is 11.5 Å². The monoisotopic (exact) mass is 575 g/mol. The minimum Gasteiger partial charge on any atom is -0.370 e. The predicted molar refractivity (Wildman–Crippen MR) is 180 cm³/mol. The fraction of sp³-hybridized carbons (Fsp3) is 0.838. The van der Waals surface area contributed by atoms with E-state index in [-0.39, 0.29) is 11.8 Å². The van der Waals surface area contributed by atoms with Gasteiger partial charge < -0.3 is 11.5 Å². The maximum Gasteiger partial charge on any atom is 0.217 e. The molecule has 0 rings (SSSR count). The second-order valence-corrected chi connectivity index (χ2v) is 12.4. The Morgan fingerprint density at radius 2 is 0.463 bits per heavy atom. The van der Waals surface area contributed by atoms with Crippen LogP contribution in [0.15, 0.2) is 24.3 Å². The molecule has 0 aromatic heterocycles.